The van der Waals surface area contributed by atoms with Crippen molar-refractivity contribution in [2.24, 2.45) is 0 Å². The molecule has 2 aromatic carbocycles. The van der Waals surface area contributed by atoms with Gasteiger partial charge < -0.3 is 19.7 Å². The quantitative estimate of drug-likeness (QED) is 0.594. The van der Waals surface area contributed by atoms with Gasteiger partial charge >= 0.3 is 6.36 Å². The molecule has 1 heterocycles. The van der Waals surface area contributed by atoms with E-state index in [4.69, 9.17) is 4.74 Å². The fourth-order valence-corrected chi connectivity index (χ4v) is 3.71. The number of alkyl halides is 3. The van der Waals surface area contributed by atoms with Crippen LogP contribution in [0, 0.1) is 0 Å². The molecule has 1 saturated heterocycles. The maximum atomic E-state index is 12.6. The van der Waals surface area contributed by atoms with Crippen LogP contribution in [0.25, 0.3) is 0 Å². The molecule has 0 aliphatic carbocycles. The number of anilines is 1. The van der Waals surface area contributed by atoms with Gasteiger partial charge in [-0.25, -0.2) is 0 Å². The van der Waals surface area contributed by atoms with E-state index in [-0.39, 0.29) is 24.1 Å². The summed E-state index contributed by atoms with van der Waals surface area (Å²) in [6.45, 7) is 4.80. The zero-order chi connectivity index (χ0) is 24.6. The zero-order valence-corrected chi connectivity index (χ0v) is 18.9. The zero-order valence-electron chi connectivity index (χ0n) is 18.9. The van der Waals surface area contributed by atoms with E-state index in [1.165, 1.54) is 12.1 Å². The molecule has 0 atom stereocenters. The molecule has 3 rings (SSSR count). The minimum atomic E-state index is -4.76. The van der Waals surface area contributed by atoms with Crippen LogP contribution in [-0.2, 0) is 16.0 Å². The molecule has 1 aliphatic rings. The van der Waals surface area contributed by atoms with Crippen LogP contribution < -0.4 is 14.8 Å². The molecule has 0 spiro atoms. The first kappa shape index (κ1) is 25.4. The van der Waals surface area contributed by atoms with Crippen molar-refractivity contribution in [3.8, 4) is 11.5 Å². The Bertz CT molecular complexity index is 959. The second kappa shape index (κ2) is 11.7. The molecule has 0 saturated carbocycles. The van der Waals surface area contributed by atoms with Crippen LogP contribution in [0.3, 0.4) is 0 Å². The van der Waals surface area contributed by atoms with E-state index >= 15 is 0 Å². The standard InChI is InChI=1S/C24H28F3N3O4/c1-2-33-21-6-4-3-5-18(21)7-12-23(32)30-15-13-29(14-16-30)17-22(31)28-19-8-10-20(11-9-19)34-24(25,26)27/h3-6,8-11H,2,7,12-17H2,1H3,(H,28,31). The highest BCUT2D eigenvalue weighted by Gasteiger charge is 2.31. The Morgan fingerprint density at radius 3 is 2.32 bits per heavy atom. The van der Waals surface area contributed by atoms with Crippen molar-refractivity contribution in [2.75, 3.05) is 44.6 Å². The van der Waals surface area contributed by atoms with E-state index in [9.17, 15) is 22.8 Å². The Morgan fingerprint density at radius 1 is 1.00 bits per heavy atom. The number of benzene rings is 2. The van der Waals surface area contributed by atoms with Gasteiger partial charge in [-0.1, -0.05) is 18.2 Å². The van der Waals surface area contributed by atoms with Crippen molar-refractivity contribution in [2.45, 2.75) is 26.1 Å². The molecule has 0 aromatic heterocycles. The summed E-state index contributed by atoms with van der Waals surface area (Å²) in [5.74, 6) is 0.234. The first-order valence-electron chi connectivity index (χ1n) is 11.1. The normalized spacial score (nSPS) is 14.5. The van der Waals surface area contributed by atoms with Gasteiger partial charge in [0.1, 0.15) is 11.5 Å². The largest absolute Gasteiger partial charge is 0.573 e. The predicted molar refractivity (Wildman–Crippen MR) is 121 cm³/mol. The van der Waals surface area contributed by atoms with Crippen molar-refractivity contribution in [3.05, 3.63) is 54.1 Å². The van der Waals surface area contributed by atoms with E-state index < -0.39 is 6.36 Å². The number of rotatable bonds is 9. The van der Waals surface area contributed by atoms with Crippen molar-refractivity contribution in [1.29, 1.82) is 0 Å². The summed E-state index contributed by atoms with van der Waals surface area (Å²) in [6, 6.07) is 12.7. The van der Waals surface area contributed by atoms with Crippen molar-refractivity contribution in [3.63, 3.8) is 0 Å². The van der Waals surface area contributed by atoms with Crippen LogP contribution in [0.5, 0.6) is 11.5 Å². The first-order valence-corrected chi connectivity index (χ1v) is 11.1. The SMILES string of the molecule is CCOc1ccccc1CCC(=O)N1CCN(CC(=O)Nc2ccc(OC(F)(F)F)cc2)CC1. The first-order chi connectivity index (χ1) is 16.2. The minimum absolute atomic E-state index is 0.0663. The molecule has 10 heteroatoms. The van der Waals surface area contributed by atoms with Gasteiger partial charge in [-0.3, -0.25) is 14.5 Å². The maximum absolute atomic E-state index is 12.6. The second-order valence-corrected chi connectivity index (χ2v) is 7.82. The van der Waals surface area contributed by atoms with Gasteiger partial charge in [0, 0.05) is 38.3 Å². The number of hydrogen-bond donors (Lipinski definition) is 1. The van der Waals surface area contributed by atoms with E-state index in [1.54, 1.807) is 4.90 Å². The van der Waals surface area contributed by atoms with Crippen molar-refractivity contribution < 1.29 is 32.2 Å². The van der Waals surface area contributed by atoms with Crippen LogP contribution in [0.4, 0.5) is 18.9 Å². The Morgan fingerprint density at radius 2 is 1.68 bits per heavy atom. The summed E-state index contributed by atoms with van der Waals surface area (Å²) in [7, 11) is 0. The summed E-state index contributed by atoms with van der Waals surface area (Å²) in [5.41, 5.74) is 1.38. The van der Waals surface area contributed by atoms with Gasteiger partial charge in [-0.05, 0) is 49.2 Å². The summed E-state index contributed by atoms with van der Waals surface area (Å²) >= 11 is 0. The smallest absolute Gasteiger partial charge is 0.494 e. The fourth-order valence-electron chi connectivity index (χ4n) is 3.71. The fraction of sp³-hybridized carbons (Fsp3) is 0.417. The number of aryl methyl sites for hydroxylation is 1. The molecule has 184 valence electrons. The highest BCUT2D eigenvalue weighted by Crippen LogP contribution is 2.24. The predicted octanol–water partition coefficient (Wildman–Crippen LogP) is 3.70. The number of nitrogens with one attached hydrogen (secondary N) is 1. The summed E-state index contributed by atoms with van der Waals surface area (Å²) in [5, 5.41) is 2.66. The molecule has 1 aliphatic heterocycles. The number of hydrogen-bond acceptors (Lipinski definition) is 5. The number of halogens is 3. The molecular weight excluding hydrogens is 451 g/mol. The van der Waals surface area contributed by atoms with Gasteiger partial charge in [0.2, 0.25) is 11.8 Å². The molecular formula is C24H28F3N3O4. The molecule has 0 bridgehead atoms. The number of piperazine rings is 1. The molecule has 2 amide bonds. The van der Waals surface area contributed by atoms with Crippen LogP contribution in [-0.4, -0.2) is 67.3 Å². The monoisotopic (exact) mass is 479 g/mol. The van der Waals surface area contributed by atoms with Gasteiger partial charge in [-0.2, -0.15) is 0 Å². The third-order valence-corrected chi connectivity index (χ3v) is 5.34. The average molecular weight is 479 g/mol. The molecule has 2 aromatic rings. The van der Waals surface area contributed by atoms with E-state index in [2.05, 4.69) is 10.1 Å². The summed E-state index contributed by atoms with van der Waals surface area (Å²) in [6.07, 6.45) is -3.77. The van der Waals surface area contributed by atoms with E-state index in [0.29, 0.717) is 51.3 Å². The van der Waals surface area contributed by atoms with Gasteiger partial charge in [0.05, 0.1) is 13.2 Å². The van der Waals surface area contributed by atoms with Crippen molar-refractivity contribution in [1.82, 2.24) is 9.80 Å². The van der Waals surface area contributed by atoms with Crippen LogP contribution in [0.15, 0.2) is 48.5 Å². The highest BCUT2D eigenvalue weighted by molar-refractivity contribution is 5.92. The molecule has 34 heavy (non-hydrogen) atoms. The highest BCUT2D eigenvalue weighted by atomic mass is 19.4. The summed E-state index contributed by atoms with van der Waals surface area (Å²) in [4.78, 5) is 28.7. The molecule has 1 N–H and O–H groups in total. The minimum Gasteiger partial charge on any atom is -0.494 e. The number of carbonyl (C=O) groups is 2. The summed E-state index contributed by atoms with van der Waals surface area (Å²) < 4.78 is 46.1. The lowest BCUT2D eigenvalue weighted by Crippen LogP contribution is -2.50. The number of carbonyl (C=O) groups excluding carboxylic acids is 2. The van der Waals surface area contributed by atoms with E-state index in [0.717, 1.165) is 23.4 Å². The third kappa shape index (κ3) is 7.95. The lowest BCUT2D eigenvalue weighted by molar-refractivity contribution is -0.274. The van der Waals surface area contributed by atoms with Crippen molar-refractivity contribution >= 4 is 17.5 Å². The number of para-hydroxylation sites is 1. The lowest BCUT2D eigenvalue weighted by atomic mass is 10.1. The Balaban J connectivity index is 1.40. The van der Waals surface area contributed by atoms with Gasteiger partial charge in [0.25, 0.3) is 0 Å². The van der Waals surface area contributed by atoms with Crippen LogP contribution in [0.1, 0.15) is 18.9 Å². The Labute approximate surface area is 196 Å². The Hall–Kier alpha value is -3.27. The third-order valence-electron chi connectivity index (χ3n) is 5.34. The van der Waals surface area contributed by atoms with Gasteiger partial charge in [-0.15, -0.1) is 13.2 Å². The molecule has 0 radical (unpaired) electrons. The maximum Gasteiger partial charge on any atom is 0.573 e. The average Bonchev–Trinajstić information content (AvgIpc) is 2.79. The van der Waals surface area contributed by atoms with Gasteiger partial charge in [0.15, 0.2) is 0 Å². The second-order valence-electron chi connectivity index (χ2n) is 7.82. The van der Waals surface area contributed by atoms with E-state index in [1.807, 2.05) is 36.1 Å². The molecule has 0 unspecified atom stereocenters. The van der Waals surface area contributed by atoms with Crippen LogP contribution in [0.2, 0.25) is 0 Å². The molecule has 7 nitrogen and oxygen atoms in total. The molecule has 1 fully saturated rings. The number of nitrogens with zero attached hydrogens (tertiary/aromatic N) is 2. The number of amides is 2. The van der Waals surface area contributed by atoms with Crippen LogP contribution >= 0.6 is 0 Å². The topological polar surface area (TPSA) is 71.1 Å². The number of ether oxygens (including phenoxy) is 2. The lowest BCUT2D eigenvalue weighted by Gasteiger charge is -2.34. The Kier molecular flexibility index (Phi) is 8.75.